The van der Waals surface area contributed by atoms with E-state index < -0.39 is 20.5 Å². The number of carbonyl (C=O) groups is 1. The summed E-state index contributed by atoms with van der Waals surface area (Å²) in [4.78, 5) is 12.4. The van der Waals surface area contributed by atoms with E-state index in [1.165, 1.54) is 6.07 Å². The lowest BCUT2D eigenvalue weighted by Gasteiger charge is -2.34. The topological polar surface area (TPSA) is 75.3 Å². The predicted molar refractivity (Wildman–Crippen MR) is 82.8 cm³/mol. The molecule has 1 fully saturated rings. The van der Waals surface area contributed by atoms with Crippen molar-refractivity contribution in [3.8, 4) is 0 Å². The van der Waals surface area contributed by atoms with Crippen LogP contribution in [0, 0.1) is 5.82 Å². The quantitative estimate of drug-likeness (QED) is 0.832. The van der Waals surface area contributed by atoms with Crippen molar-refractivity contribution in [1.82, 2.24) is 10.6 Å². The second kappa shape index (κ2) is 6.75. The second-order valence-corrected chi connectivity index (χ2v) is 7.94. The highest BCUT2D eigenvalue weighted by atomic mass is 32.2. The highest BCUT2D eigenvalue weighted by Crippen LogP contribution is 2.27. The number of carbonyl (C=O) groups excluding carboxylic acids is 1. The molecule has 1 aliphatic heterocycles. The van der Waals surface area contributed by atoms with Gasteiger partial charge >= 0.3 is 0 Å². The van der Waals surface area contributed by atoms with Gasteiger partial charge in [-0.1, -0.05) is 18.2 Å². The number of nitrogens with one attached hydrogen (secondary N) is 2. The highest BCUT2D eigenvalue weighted by Gasteiger charge is 2.48. The molecule has 0 unspecified atom stereocenters. The summed E-state index contributed by atoms with van der Waals surface area (Å²) in [5.41, 5.74) is 0.501. The number of hydrogen-bond donors (Lipinski definition) is 2. The Labute approximate surface area is 130 Å². The fourth-order valence-electron chi connectivity index (χ4n) is 2.77. The third-order valence-corrected chi connectivity index (χ3v) is 6.19. The SMILES string of the molecule is CS(=O)(=O)C1(C(=O)NCCc2ccccc2F)CCNCC1. The molecular formula is C15H21FN2O3S. The van der Waals surface area contributed by atoms with Crippen LogP contribution in [-0.2, 0) is 21.1 Å². The Bertz CT molecular complexity index is 640. The van der Waals surface area contributed by atoms with Gasteiger partial charge in [0.25, 0.3) is 0 Å². The van der Waals surface area contributed by atoms with Crippen LogP contribution in [-0.4, -0.2) is 45.0 Å². The standard InChI is InChI=1S/C15H21FN2O3S/c1-22(20,21)15(7-10-17-11-8-15)14(19)18-9-6-12-4-2-3-5-13(12)16/h2-5,17H,6-11H2,1H3,(H,18,19). The van der Waals surface area contributed by atoms with Crippen molar-refractivity contribution in [2.24, 2.45) is 0 Å². The molecule has 0 radical (unpaired) electrons. The smallest absolute Gasteiger partial charge is 0.241 e. The van der Waals surface area contributed by atoms with Crippen LogP contribution in [0.5, 0.6) is 0 Å². The van der Waals surface area contributed by atoms with E-state index >= 15 is 0 Å². The average Bonchev–Trinajstić information content (AvgIpc) is 2.48. The number of halogens is 1. The zero-order chi connectivity index (χ0) is 16.2. The number of sulfone groups is 1. The first-order valence-corrected chi connectivity index (χ1v) is 9.18. The molecule has 1 aliphatic rings. The van der Waals surface area contributed by atoms with Crippen LogP contribution in [0.25, 0.3) is 0 Å². The Hall–Kier alpha value is -1.47. The summed E-state index contributed by atoms with van der Waals surface area (Å²) in [5, 5.41) is 5.72. The molecule has 1 heterocycles. The largest absolute Gasteiger partial charge is 0.354 e. The van der Waals surface area contributed by atoms with Crippen molar-refractivity contribution in [2.45, 2.75) is 24.0 Å². The molecule has 0 bridgehead atoms. The van der Waals surface area contributed by atoms with Gasteiger partial charge in [-0.15, -0.1) is 0 Å². The first-order valence-electron chi connectivity index (χ1n) is 7.29. The minimum Gasteiger partial charge on any atom is -0.354 e. The zero-order valence-corrected chi connectivity index (χ0v) is 13.4. The normalized spacial score (nSPS) is 17.9. The van der Waals surface area contributed by atoms with Crippen molar-refractivity contribution in [3.05, 3.63) is 35.6 Å². The van der Waals surface area contributed by atoms with Crippen LogP contribution in [0.3, 0.4) is 0 Å². The van der Waals surface area contributed by atoms with Gasteiger partial charge in [-0.2, -0.15) is 0 Å². The molecular weight excluding hydrogens is 307 g/mol. The minimum absolute atomic E-state index is 0.213. The van der Waals surface area contributed by atoms with Gasteiger partial charge in [-0.05, 0) is 44.0 Å². The summed E-state index contributed by atoms with van der Waals surface area (Å²) in [6.07, 6.45) is 1.96. The fourth-order valence-corrected chi connectivity index (χ4v) is 4.12. The summed E-state index contributed by atoms with van der Waals surface area (Å²) >= 11 is 0. The maximum atomic E-state index is 13.5. The molecule has 0 aromatic heterocycles. The van der Waals surface area contributed by atoms with Crippen LogP contribution >= 0.6 is 0 Å². The Morgan fingerprint density at radius 1 is 1.32 bits per heavy atom. The van der Waals surface area contributed by atoms with Crippen molar-refractivity contribution in [3.63, 3.8) is 0 Å². The van der Waals surface area contributed by atoms with E-state index in [0.717, 1.165) is 6.26 Å². The molecule has 1 saturated heterocycles. The molecule has 1 aromatic rings. The third kappa shape index (κ3) is 3.47. The molecule has 1 amide bonds. The van der Waals surface area contributed by atoms with E-state index in [2.05, 4.69) is 10.6 Å². The average molecular weight is 328 g/mol. The van der Waals surface area contributed by atoms with Gasteiger partial charge < -0.3 is 10.6 Å². The van der Waals surface area contributed by atoms with Gasteiger partial charge in [0.1, 0.15) is 5.82 Å². The lowest BCUT2D eigenvalue weighted by Crippen LogP contribution is -2.57. The van der Waals surface area contributed by atoms with Gasteiger partial charge in [0, 0.05) is 12.8 Å². The summed E-state index contributed by atoms with van der Waals surface area (Å²) in [6.45, 7) is 1.20. The maximum absolute atomic E-state index is 13.5. The van der Waals surface area contributed by atoms with Gasteiger partial charge in [0.2, 0.25) is 5.91 Å². The number of amides is 1. The molecule has 0 spiro atoms. The third-order valence-electron chi connectivity index (χ3n) is 4.17. The number of piperidine rings is 1. The van der Waals surface area contributed by atoms with Crippen LogP contribution < -0.4 is 10.6 Å². The van der Waals surface area contributed by atoms with Crippen molar-refractivity contribution in [1.29, 1.82) is 0 Å². The molecule has 0 atom stereocenters. The molecule has 1 aromatic carbocycles. The fraction of sp³-hybridized carbons (Fsp3) is 0.533. The van der Waals surface area contributed by atoms with E-state index in [1.807, 2.05) is 0 Å². The lowest BCUT2D eigenvalue weighted by molar-refractivity contribution is -0.124. The molecule has 7 heteroatoms. The first-order chi connectivity index (χ1) is 10.4. The summed E-state index contributed by atoms with van der Waals surface area (Å²) in [5.74, 6) is -0.802. The van der Waals surface area contributed by atoms with Gasteiger partial charge in [-0.25, -0.2) is 12.8 Å². The number of benzene rings is 1. The minimum atomic E-state index is -3.52. The lowest BCUT2D eigenvalue weighted by atomic mass is 9.95. The Morgan fingerprint density at radius 3 is 2.55 bits per heavy atom. The maximum Gasteiger partial charge on any atom is 0.241 e. The van der Waals surface area contributed by atoms with Crippen LogP contribution in [0.2, 0.25) is 0 Å². The summed E-state index contributed by atoms with van der Waals surface area (Å²) in [6, 6.07) is 6.34. The molecule has 0 saturated carbocycles. The Balaban J connectivity index is 2.02. The molecule has 2 rings (SSSR count). The van der Waals surface area contributed by atoms with Crippen LogP contribution in [0.15, 0.2) is 24.3 Å². The van der Waals surface area contributed by atoms with Gasteiger partial charge in [0.05, 0.1) is 0 Å². The molecule has 0 aliphatic carbocycles. The summed E-state index contributed by atoms with van der Waals surface area (Å²) in [7, 11) is -3.52. The number of rotatable bonds is 5. The van der Waals surface area contributed by atoms with E-state index in [9.17, 15) is 17.6 Å². The second-order valence-electron chi connectivity index (χ2n) is 5.61. The first kappa shape index (κ1) is 16.9. The van der Waals surface area contributed by atoms with E-state index in [-0.39, 0.29) is 25.2 Å². The molecule has 2 N–H and O–H groups in total. The Morgan fingerprint density at radius 2 is 1.95 bits per heavy atom. The molecule has 122 valence electrons. The highest BCUT2D eigenvalue weighted by molar-refractivity contribution is 7.92. The number of hydrogen-bond acceptors (Lipinski definition) is 4. The Kier molecular flexibility index (Phi) is 5.18. The predicted octanol–water partition coefficient (Wildman–Crippen LogP) is 0.651. The zero-order valence-electron chi connectivity index (χ0n) is 12.6. The van der Waals surface area contributed by atoms with Gasteiger partial charge in [0.15, 0.2) is 14.6 Å². The van der Waals surface area contributed by atoms with E-state index in [0.29, 0.717) is 25.1 Å². The van der Waals surface area contributed by atoms with Crippen molar-refractivity contribution < 1.29 is 17.6 Å². The van der Waals surface area contributed by atoms with Crippen molar-refractivity contribution >= 4 is 15.7 Å². The molecule has 22 heavy (non-hydrogen) atoms. The van der Waals surface area contributed by atoms with E-state index in [4.69, 9.17) is 0 Å². The van der Waals surface area contributed by atoms with Crippen molar-refractivity contribution in [2.75, 3.05) is 25.9 Å². The molecule has 5 nitrogen and oxygen atoms in total. The van der Waals surface area contributed by atoms with Crippen LogP contribution in [0.4, 0.5) is 4.39 Å². The summed E-state index contributed by atoms with van der Waals surface area (Å²) < 4.78 is 36.3. The van der Waals surface area contributed by atoms with E-state index in [1.54, 1.807) is 18.2 Å². The van der Waals surface area contributed by atoms with Gasteiger partial charge in [-0.3, -0.25) is 4.79 Å². The monoisotopic (exact) mass is 328 g/mol. The van der Waals surface area contributed by atoms with Crippen LogP contribution in [0.1, 0.15) is 18.4 Å².